The minimum absolute atomic E-state index is 0.0176. The molecule has 2 aromatic heterocycles. The lowest BCUT2D eigenvalue weighted by Crippen LogP contribution is -2.63. The lowest BCUT2D eigenvalue weighted by molar-refractivity contribution is -0.153. The number of amides is 3. The van der Waals surface area contributed by atoms with Gasteiger partial charge in [0, 0.05) is 24.9 Å². The first kappa shape index (κ1) is 26.0. The maximum absolute atomic E-state index is 14.0. The molecule has 2 heterocycles. The van der Waals surface area contributed by atoms with E-state index >= 15 is 0 Å². The van der Waals surface area contributed by atoms with Gasteiger partial charge in [0.2, 0.25) is 17.7 Å². The van der Waals surface area contributed by atoms with Crippen molar-refractivity contribution in [3.8, 4) is 0 Å². The van der Waals surface area contributed by atoms with Crippen LogP contribution in [0.25, 0.3) is 0 Å². The lowest BCUT2D eigenvalue weighted by Gasteiger charge is -2.47. The van der Waals surface area contributed by atoms with E-state index in [4.69, 9.17) is 8.94 Å². The van der Waals surface area contributed by atoms with E-state index in [1.54, 1.807) is 30.2 Å². The van der Waals surface area contributed by atoms with Crippen molar-refractivity contribution in [3.63, 3.8) is 0 Å². The number of nitrogens with zero attached hydrogens (tertiary/aromatic N) is 2. The fraction of sp³-hybridized carbons (Fsp3) is 0.630. The Balaban J connectivity index is 1.53. The highest BCUT2D eigenvalue weighted by Gasteiger charge is 2.49. The van der Waals surface area contributed by atoms with E-state index in [1.165, 1.54) is 6.42 Å². The first-order chi connectivity index (χ1) is 17.4. The highest BCUT2D eigenvalue weighted by atomic mass is 16.5. The van der Waals surface area contributed by atoms with Gasteiger partial charge in [-0.3, -0.25) is 14.4 Å². The van der Waals surface area contributed by atoms with Crippen LogP contribution in [-0.2, 0) is 20.9 Å². The summed E-state index contributed by atoms with van der Waals surface area (Å²) in [6, 6.07) is 5.37. The van der Waals surface area contributed by atoms with Crippen molar-refractivity contribution >= 4 is 23.5 Å². The van der Waals surface area contributed by atoms with Gasteiger partial charge in [-0.2, -0.15) is 0 Å². The number of aromatic nitrogens is 1. The average Bonchev–Trinajstić information content (AvgIpc) is 3.53. The molecule has 0 spiro atoms. The Bertz CT molecular complexity index is 1030. The number of nitrogens with one attached hydrogen (secondary N) is 2. The average molecular weight is 499 g/mol. The molecule has 0 aliphatic heterocycles. The molecule has 4 rings (SSSR count). The standard InChI is InChI=1S/C27H38N4O5/c1-19-8-6-14-27(17-19,26(34)28-21-9-4-3-5-10-21)31(18-22-11-7-15-35-22)25(33)13-12-24(32)29-23-16-20(2)36-30-23/h7,11,15-16,19,21H,3-6,8-10,12-14,17-18H2,1-2H3,(H,28,34)(H,29,30,32)/t19-,27-/m0/s1. The molecular weight excluding hydrogens is 460 g/mol. The quantitative estimate of drug-likeness (QED) is 0.516. The minimum atomic E-state index is -0.960. The van der Waals surface area contributed by atoms with Crippen LogP contribution in [0.15, 0.2) is 33.4 Å². The highest BCUT2D eigenvalue weighted by Crippen LogP contribution is 2.39. The Labute approximate surface area is 212 Å². The second-order valence-corrected chi connectivity index (χ2v) is 10.5. The van der Waals surface area contributed by atoms with Gasteiger partial charge in [-0.05, 0) is 50.7 Å². The molecule has 36 heavy (non-hydrogen) atoms. The molecule has 2 aliphatic rings. The van der Waals surface area contributed by atoms with E-state index in [0.717, 1.165) is 38.5 Å². The van der Waals surface area contributed by atoms with Crippen LogP contribution in [0.5, 0.6) is 0 Å². The van der Waals surface area contributed by atoms with Gasteiger partial charge in [-0.15, -0.1) is 0 Å². The molecule has 0 saturated heterocycles. The first-order valence-corrected chi connectivity index (χ1v) is 13.2. The van der Waals surface area contributed by atoms with Crippen molar-refractivity contribution in [1.29, 1.82) is 0 Å². The predicted molar refractivity (Wildman–Crippen MR) is 134 cm³/mol. The van der Waals surface area contributed by atoms with Crippen LogP contribution < -0.4 is 10.6 Å². The number of furan rings is 1. The summed E-state index contributed by atoms with van der Waals surface area (Å²) in [5.74, 6) is 1.21. The molecule has 2 atom stereocenters. The van der Waals surface area contributed by atoms with Gasteiger partial charge >= 0.3 is 0 Å². The molecule has 0 aromatic carbocycles. The Kier molecular flexibility index (Phi) is 8.48. The third-order valence-corrected chi connectivity index (χ3v) is 7.51. The molecule has 9 nitrogen and oxygen atoms in total. The van der Waals surface area contributed by atoms with Gasteiger partial charge in [0.25, 0.3) is 0 Å². The summed E-state index contributed by atoms with van der Waals surface area (Å²) in [6.07, 6.45) is 10.0. The molecule has 0 unspecified atom stereocenters. The zero-order valence-corrected chi connectivity index (χ0v) is 21.4. The number of aryl methyl sites for hydroxylation is 1. The molecule has 2 aliphatic carbocycles. The lowest BCUT2D eigenvalue weighted by atomic mass is 9.74. The molecule has 2 fully saturated rings. The van der Waals surface area contributed by atoms with E-state index in [9.17, 15) is 14.4 Å². The Hall–Kier alpha value is -3.10. The third kappa shape index (κ3) is 6.36. The Morgan fingerprint density at radius 1 is 1.14 bits per heavy atom. The van der Waals surface area contributed by atoms with Gasteiger partial charge in [0.05, 0.1) is 12.8 Å². The summed E-state index contributed by atoms with van der Waals surface area (Å²) < 4.78 is 10.6. The molecule has 0 radical (unpaired) electrons. The second kappa shape index (κ2) is 11.8. The zero-order valence-electron chi connectivity index (χ0n) is 21.4. The molecular formula is C27H38N4O5. The van der Waals surface area contributed by atoms with Crippen LogP contribution in [0.2, 0.25) is 0 Å². The number of carbonyl (C=O) groups is 3. The predicted octanol–water partition coefficient (Wildman–Crippen LogP) is 4.72. The van der Waals surface area contributed by atoms with E-state index in [2.05, 4.69) is 22.7 Å². The second-order valence-electron chi connectivity index (χ2n) is 10.5. The summed E-state index contributed by atoms with van der Waals surface area (Å²) in [6.45, 7) is 4.08. The molecule has 9 heteroatoms. The molecule has 2 saturated carbocycles. The van der Waals surface area contributed by atoms with E-state index < -0.39 is 5.54 Å². The van der Waals surface area contributed by atoms with Crippen LogP contribution in [0.4, 0.5) is 5.82 Å². The smallest absolute Gasteiger partial charge is 0.246 e. The van der Waals surface area contributed by atoms with Crippen LogP contribution >= 0.6 is 0 Å². The maximum atomic E-state index is 14.0. The van der Waals surface area contributed by atoms with Gasteiger partial charge < -0.3 is 24.5 Å². The van der Waals surface area contributed by atoms with Gasteiger partial charge in [0.1, 0.15) is 17.1 Å². The van der Waals surface area contributed by atoms with Crippen molar-refractivity contribution in [2.75, 3.05) is 5.32 Å². The van der Waals surface area contributed by atoms with Crippen LogP contribution in [0.3, 0.4) is 0 Å². The van der Waals surface area contributed by atoms with Crippen LogP contribution in [-0.4, -0.2) is 39.4 Å². The zero-order chi connectivity index (χ0) is 25.5. The Morgan fingerprint density at radius 2 is 1.94 bits per heavy atom. The van der Waals surface area contributed by atoms with E-state index in [-0.39, 0.29) is 43.1 Å². The van der Waals surface area contributed by atoms with Gasteiger partial charge in [-0.25, -0.2) is 0 Å². The topological polar surface area (TPSA) is 118 Å². The van der Waals surface area contributed by atoms with Crippen molar-refractivity contribution in [1.82, 2.24) is 15.4 Å². The summed E-state index contributed by atoms with van der Waals surface area (Å²) in [5.41, 5.74) is -0.960. The van der Waals surface area contributed by atoms with Crippen molar-refractivity contribution in [2.45, 2.75) is 103 Å². The minimum Gasteiger partial charge on any atom is -0.467 e. The molecule has 3 amide bonds. The first-order valence-electron chi connectivity index (χ1n) is 13.2. The molecule has 196 valence electrons. The molecule has 2 aromatic rings. The Morgan fingerprint density at radius 3 is 2.61 bits per heavy atom. The molecule has 0 bridgehead atoms. The highest BCUT2D eigenvalue weighted by molar-refractivity contribution is 5.95. The number of rotatable bonds is 9. The largest absolute Gasteiger partial charge is 0.467 e. The summed E-state index contributed by atoms with van der Waals surface area (Å²) in [4.78, 5) is 41.9. The van der Waals surface area contributed by atoms with Crippen molar-refractivity contribution in [2.24, 2.45) is 5.92 Å². The SMILES string of the molecule is Cc1cc(NC(=O)CCC(=O)N(Cc2ccco2)[C@@]2(C(=O)NC3CCCCC3)CCC[C@H](C)C2)no1. The summed E-state index contributed by atoms with van der Waals surface area (Å²) in [7, 11) is 0. The fourth-order valence-electron chi connectivity index (χ4n) is 5.69. The van der Waals surface area contributed by atoms with E-state index in [1.807, 2.05) is 6.07 Å². The van der Waals surface area contributed by atoms with Gasteiger partial charge in [0.15, 0.2) is 5.82 Å². The van der Waals surface area contributed by atoms with Gasteiger partial charge in [-0.1, -0.05) is 44.2 Å². The third-order valence-electron chi connectivity index (χ3n) is 7.51. The number of hydrogen-bond acceptors (Lipinski definition) is 6. The van der Waals surface area contributed by atoms with Crippen molar-refractivity contribution < 1.29 is 23.3 Å². The number of hydrogen-bond donors (Lipinski definition) is 2. The van der Waals surface area contributed by atoms with E-state index in [0.29, 0.717) is 36.1 Å². The summed E-state index contributed by atoms with van der Waals surface area (Å²) in [5, 5.41) is 9.74. The number of anilines is 1. The normalized spacial score (nSPS) is 22.7. The monoisotopic (exact) mass is 498 g/mol. The fourth-order valence-corrected chi connectivity index (χ4v) is 5.69. The number of carbonyl (C=O) groups excluding carboxylic acids is 3. The van der Waals surface area contributed by atoms with Crippen molar-refractivity contribution in [3.05, 3.63) is 36.0 Å². The maximum Gasteiger partial charge on any atom is 0.246 e. The van der Waals surface area contributed by atoms with Crippen LogP contribution in [0.1, 0.15) is 89.1 Å². The molecule has 2 N–H and O–H groups in total. The summed E-state index contributed by atoms with van der Waals surface area (Å²) >= 11 is 0. The van der Waals surface area contributed by atoms with Crippen LogP contribution in [0, 0.1) is 12.8 Å².